The predicted octanol–water partition coefficient (Wildman–Crippen LogP) is 2.04. The fraction of sp³-hybridized carbons (Fsp3) is 0.412. The summed E-state index contributed by atoms with van der Waals surface area (Å²) in [6, 6.07) is 5.84. The van der Waals surface area contributed by atoms with Gasteiger partial charge in [-0.05, 0) is 25.0 Å². The van der Waals surface area contributed by atoms with Gasteiger partial charge in [-0.3, -0.25) is 4.79 Å². The molecule has 1 amide bonds. The first kappa shape index (κ1) is 15.1. The van der Waals surface area contributed by atoms with Gasteiger partial charge in [0.25, 0.3) is 0 Å². The van der Waals surface area contributed by atoms with E-state index >= 15 is 0 Å². The minimum absolute atomic E-state index is 0.00470. The van der Waals surface area contributed by atoms with Crippen LogP contribution < -0.4 is 4.90 Å². The molecule has 5 rings (SSSR count). The number of rotatable bonds is 3. The summed E-state index contributed by atoms with van der Waals surface area (Å²) in [6.45, 7) is 2.02. The summed E-state index contributed by atoms with van der Waals surface area (Å²) >= 11 is 1.56. The number of thiazole rings is 1. The highest BCUT2D eigenvalue weighted by molar-refractivity contribution is 7.07. The number of nitriles is 1. The smallest absolute Gasteiger partial charge is 0.228 e. The van der Waals surface area contributed by atoms with E-state index in [4.69, 9.17) is 5.26 Å². The lowest BCUT2D eigenvalue weighted by Crippen LogP contribution is -2.47. The van der Waals surface area contributed by atoms with Crippen molar-refractivity contribution < 1.29 is 4.79 Å². The van der Waals surface area contributed by atoms with Gasteiger partial charge in [-0.2, -0.15) is 5.26 Å². The zero-order chi connectivity index (χ0) is 16.5. The van der Waals surface area contributed by atoms with Crippen molar-refractivity contribution in [1.82, 2.24) is 14.9 Å². The number of aromatic nitrogens is 2. The second-order valence-electron chi connectivity index (χ2n) is 6.29. The average Bonchev–Trinajstić information content (AvgIpc) is 2.98. The molecule has 0 aliphatic carbocycles. The highest BCUT2D eigenvalue weighted by atomic mass is 32.1. The first-order valence-electron chi connectivity index (χ1n) is 8.03. The molecular formula is C17H17N5OS. The van der Waals surface area contributed by atoms with Crippen LogP contribution in [0.25, 0.3) is 0 Å². The van der Waals surface area contributed by atoms with Crippen LogP contribution in [0.5, 0.6) is 0 Å². The van der Waals surface area contributed by atoms with Crippen LogP contribution in [0.2, 0.25) is 0 Å². The van der Waals surface area contributed by atoms with E-state index < -0.39 is 0 Å². The molecule has 0 unspecified atom stereocenters. The maximum Gasteiger partial charge on any atom is 0.228 e. The van der Waals surface area contributed by atoms with Crippen molar-refractivity contribution in [3.63, 3.8) is 0 Å². The number of carbonyl (C=O) groups is 1. The first-order chi connectivity index (χ1) is 11.7. The molecule has 0 aromatic carbocycles. The van der Waals surface area contributed by atoms with E-state index in [1.54, 1.807) is 35.2 Å². The Balaban J connectivity index is 1.59. The van der Waals surface area contributed by atoms with Crippen LogP contribution in [0, 0.1) is 17.2 Å². The molecule has 0 N–H and O–H groups in total. The van der Waals surface area contributed by atoms with Gasteiger partial charge in [0.1, 0.15) is 5.82 Å². The predicted molar refractivity (Wildman–Crippen MR) is 90.3 cm³/mol. The molecule has 24 heavy (non-hydrogen) atoms. The third kappa shape index (κ3) is 2.74. The van der Waals surface area contributed by atoms with E-state index in [1.807, 2.05) is 10.3 Å². The number of hydrogen-bond acceptors (Lipinski definition) is 6. The Morgan fingerprint density at radius 2 is 2.25 bits per heavy atom. The molecule has 7 heteroatoms. The normalized spacial score (nSPS) is 23.2. The Morgan fingerprint density at radius 3 is 3.04 bits per heavy atom. The van der Waals surface area contributed by atoms with E-state index in [0.717, 1.165) is 30.9 Å². The Kier molecular flexibility index (Phi) is 3.90. The molecule has 6 nitrogen and oxygen atoms in total. The molecule has 2 atom stereocenters. The number of anilines is 1. The van der Waals surface area contributed by atoms with E-state index in [-0.39, 0.29) is 17.9 Å². The third-order valence-corrected chi connectivity index (χ3v) is 5.44. The standard InChI is InChI=1S/C17H17N5OS/c18-6-12-3-4-19-16(5-12)21-7-13-1-2-15(9-21)22(17(13)23)8-14-10-24-11-20-14/h3-5,10-11,13,15H,1-2,7-9H2/t13-,15+/m1/s1. The summed E-state index contributed by atoms with van der Waals surface area (Å²) < 4.78 is 0. The molecule has 3 aliphatic heterocycles. The maximum absolute atomic E-state index is 12.8. The molecule has 0 radical (unpaired) electrons. The molecule has 3 saturated heterocycles. The highest BCUT2D eigenvalue weighted by Crippen LogP contribution is 2.32. The Labute approximate surface area is 144 Å². The molecule has 122 valence electrons. The SMILES string of the molecule is N#Cc1ccnc(N2C[C@H]3CC[C@@H](C2)N(Cc2cscn2)C3=O)c1. The van der Waals surface area contributed by atoms with E-state index in [9.17, 15) is 4.79 Å². The van der Waals surface area contributed by atoms with Crippen molar-refractivity contribution in [2.24, 2.45) is 5.92 Å². The van der Waals surface area contributed by atoms with Gasteiger partial charge in [0.05, 0.1) is 35.3 Å². The number of pyridine rings is 1. The summed E-state index contributed by atoms with van der Waals surface area (Å²) in [4.78, 5) is 25.7. The molecule has 2 bridgehead atoms. The van der Waals surface area contributed by atoms with Gasteiger partial charge in [-0.25, -0.2) is 9.97 Å². The Hall–Kier alpha value is -2.46. The van der Waals surface area contributed by atoms with Gasteiger partial charge in [0.15, 0.2) is 0 Å². The van der Waals surface area contributed by atoms with E-state index in [1.165, 1.54) is 0 Å². The van der Waals surface area contributed by atoms with Crippen LogP contribution in [0.3, 0.4) is 0 Å². The topological polar surface area (TPSA) is 73.1 Å². The van der Waals surface area contributed by atoms with Gasteiger partial charge in [-0.1, -0.05) is 0 Å². The van der Waals surface area contributed by atoms with E-state index in [0.29, 0.717) is 18.7 Å². The fourth-order valence-corrected chi connectivity index (χ4v) is 4.14. The largest absolute Gasteiger partial charge is 0.354 e. The number of fused-ring (bicyclic) bond motifs is 4. The van der Waals surface area contributed by atoms with Crippen molar-refractivity contribution in [2.75, 3.05) is 18.0 Å². The Morgan fingerprint density at radius 1 is 1.33 bits per heavy atom. The van der Waals surface area contributed by atoms with Crippen LogP contribution in [0.1, 0.15) is 24.1 Å². The molecule has 5 heterocycles. The van der Waals surface area contributed by atoms with Crippen LogP contribution in [0.15, 0.2) is 29.2 Å². The zero-order valence-electron chi connectivity index (χ0n) is 13.1. The van der Waals surface area contributed by atoms with Crippen LogP contribution in [-0.2, 0) is 11.3 Å². The summed E-state index contributed by atoms with van der Waals surface area (Å²) in [5, 5.41) is 11.1. The van der Waals surface area contributed by atoms with Crippen LogP contribution >= 0.6 is 11.3 Å². The molecule has 0 spiro atoms. The number of amides is 1. The van der Waals surface area contributed by atoms with Gasteiger partial charge < -0.3 is 9.80 Å². The zero-order valence-corrected chi connectivity index (χ0v) is 13.9. The highest BCUT2D eigenvalue weighted by Gasteiger charge is 2.41. The number of carbonyl (C=O) groups excluding carboxylic acids is 1. The van der Waals surface area contributed by atoms with Crippen molar-refractivity contribution in [3.8, 4) is 6.07 Å². The lowest BCUT2D eigenvalue weighted by molar-refractivity contribution is -0.140. The monoisotopic (exact) mass is 339 g/mol. The summed E-state index contributed by atoms with van der Waals surface area (Å²) in [7, 11) is 0. The molecule has 3 fully saturated rings. The quantitative estimate of drug-likeness (QED) is 0.855. The minimum atomic E-state index is -0.00470. The van der Waals surface area contributed by atoms with E-state index in [2.05, 4.69) is 20.9 Å². The molecule has 3 aliphatic rings. The second kappa shape index (κ2) is 6.21. The maximum atomic E-state index is 12.8. The van der Waals surface area contributed by atoms with Gasteiger partial charge >= 0.3 is 0 Å². The van der Waals surface area contributed by atoms with Crippen molar-refractivity contribution >= 4 is 23.1 Å². The van der Waals surface area contributed by atoms with Crippen LogP contribution in [-0.4, -0.2) is 39.9 Å². The van der Waals surface area contributed by atoms with Crippen LogP contribution in [0.4, 0.5) is 5.82 Å². The lowest BCUT2D eigenvalue weighted by Gasteiger charge is -2.35. The number of piperidine rings is 1. The molecular weight excluding hydrogens is 322 g/mol. The summed E-state index contributed by atoms with van der Waals surface area (Å²) in [5.74, 6) is 1.00. The Bertz CT molecular complexity index is 785. The van der Waals surface area contributed by atoms with Crippen molar-refractivity contribution in [3.05, 3.63) is 40.5 Å². The first-order valence-corrected chi connectivity index (χ1v) is 8.97. The van der Waals surface area contributed by atoms with Gasteiger partial charge in [0.2, 0.25) is 5.91 Å². The fourth-order valence-electron chi connectivity index (χ4n) is 3.59. The van der Waals surface area contributed by atoms with Gasteiger partial charge in [0, 0.05) is 30.7 Å². The molecule has 2 aromatic heterocycles. The third-order valence-electron chi connectivity index (χ3n) is 4.81. The number of nitrogens with zero attached hydrogens (tertiary/aromatic N) is 5. The molecule has 2 aromatic rings. The van der Waals surface area contributed by atoms with Crippen molar-refractivity contribution in [2.45, 2.75) is 25.4 Å². The van der Waals surface area contributed by atoms with Gasteiger partial charge in [-0.15, -0.1) is 11.3 Å². The minimum Gasteiger partial charge on any atom is -0.354 e. The average molecular weight is 339 g/mol. The lowest BCUT2D eigenvalue weighted by atomic mass is 9.94. The summed E-state index contributed by atoms with van der Waals surface area (Å²) in [6.07, 6.45) is 3.59. The summed E-state index contributed by atoms with van der Waals surface area (Å²) in [5.41, 5.74) is 3.36. The second-order valence-corrected chi connectivity index (χ2v) is 7.01. The number of hydrogen-bond donors (Lipinski definition) is 0. The molecule has 0 saturated carbocycles. The van der Waals surface area contributed by atoms with Crippen molar-refractivity contribution in [1.29, 1.82) is 5.26 Å².